The number of hydrogen-bond donors (Lipinski definition) is 1. The molecule has 1 saturated heterocycles. The molecule has 0 atom stereocenters. The maximum absolute atomic E-state index is 12.4. The van der Waals surface area contributed by atoms with E-state index in [0.717, 1.165) is 0 Å². The van der Waals surface area contributed by atoms with Crippen LogP contribution in [0.2, 0.25) is 0 Å². The summed E-state index contributed by atoms with van der Waals surface area (Å²) in [7, 11) is 0. The number of amides is 2. The Kier molecular flexibility index (Phi) is 5.07. The second kappa shape index (κ2) is 7.41. The molecule has 3 heterocycles. The number of thioether (sulfide) groups is 1. The number of hydrogen-bond acceptors (Lipinski definition) is 6. The Morgan fingerprint density at radius 1 is 1.42 bits per heavy atom. The quantitative estimate of drug-likeness (QED) is 0.653. The van der Waals surface area contributed by atoms with E-state index >= 15 is 0 Å². The summed E-state index contributed by atoms with van der Waals surface area (Å²) in [4.78, 5) is 30.2. The zero-order valence-electron chi connectivity index (χ0n) is 12.5. The number of rotatable bonds is 5. The molecule has 0 aliphatic carbocycles. The van der Waals surface area contributed by atoms with Crippen LogP contribution >= 0.6 is 24.0 Å². The predicted molar refractivity (Wildman–Crippen MR) is 96.1 cm³/mol. The monoisotopic (exact) mass is 359 g/mol. The molecular weight excluding hydrogens is 346 g/mol. The van der Waals surface area contributed by atoms with Gasteiger partial charge >= 0.3 is 0 Å². The third-order valence-electron chi connectivity index (χ3n) is 3.20. The predicted octanol–water partition coefficient (Wildman–Crippen LogP) is 2.90. The van der Waals surface area contributed by atoms with Crippen molar-refractivity contribution in [2.75, 3.05) is 11.9 Å². The number of carbonyl (C=O) groups excluding carboxylic acids is 2. The van der Waals surface area contributed by atoms with Crippen LogP contribution in [0.3, 0.4) is 0 Å². The number of anilines is 1. The molecule has 0 spiro atoms. The van der Waals surface area contributed by atoms with Gasteiger partial charge in [0, 0.05) is 25.2 Å². The van der Waals surface area contributed by atoms with Crippen molar-refractivity contribution >= 4 is 51.9 Å². The lowest BCUT2D eigenvalue weighted by Crippen LogP contribution is -2.31. The number of nitrogens with zero attached hydrogens (tertiary/aromatic N) is 2. The van der Waals surface area contributed by atoms with E-state index in [-0.39, 0.29) is 24.8 Å². The summed E-state index contributed by atoms with van der Waals surface area (Å²) < 4.78 is 5.64. The van der Waals surface area contributed by atoms with Crippen molar-refractivity contribution in [3.8, 4) is 0 Å². The van der Waals surface area contributed by atoms with Crippen LogP contribution in [0.1, 0.15) is 12.2 Å². The van der Waals surface area contributed by atoms with Gasteiger partial charge in [0.1, 0.15) is 10.1 Å². The van der Waals surface area contributed by atoms with Crippen LogP contribution < -0.4 is 5.32 Å². The molecule has 2 aromatic heterocycles. The van der Waals surface area contributed by atoms with Crippen LogP contribution in [0.25, 0.3) is 6.08 Å². The van der Waals surface area contributed by atoms with E-state index in [0.29, 0.717) is 20.7 Å². The lowest BCUT2D eigenvalue weighted by Gasteiger charge is -2.14. The first-order valence-corrected chi connectivity index (χ1v) is 8.35. The smallest absolute Gasteiger partial charge is 0.266 e. The molecule has 122 valence electrons. The second-order valence-electron chi connectivity index (χ2n) is 4.89. The van der Waals surface area contributed by atoms with E-state index in [9.17, 15) is 9.59 Å². The SMILES string of the molecule is O=C(CCN1C(=O)C(=Cc2ccco2)SC1=S)Nc1cccnc1. The topological polar surface area (TPSA) is 75.4 Å². The first-order valence-electron chi connectivity index (χ1n) is 7.12. The molecule has 1 aliphatic rings. The minimum atomic E-state index is -0.212. The van der Waals surface area contributed by atoms with Gasteiger partial charge in [0.05, 0.1) is 23.1 Å². The van der Waals surface area contributed by atoms with Crippen molar-refractivity contribution in [2.45, 2.75) is 6.42 Å². The number of nitrogens with one attached hydrogen (secondary N) is 1. The van der Waals surface area contributed by atoms with Gasteiger partial charge in [-0.2, -0.15) is 0 Å². The minimum absolute atomic E-state index is 0.148. The van der Waals surface area contributed by atoms with Crippen LogP contribution in [-0.4, -0.2) is 32.6 Å². The Balaban J connectivity index is 1.58. The molecule has 6 nitrogen and oxygen atoms in total. The van der Waals surface area contributed by atoms with Crippen molar-refractivity contribution in [1.29, 1.82) is 0 Å². The fourth-order valence-corrected chi connectivity index (χ4v) is 3.36. The first kappa shape index (κ1) is 16.4. The Morgan fingerprint density at radius 2 is 2.29 bits per heavy atom. The summed E-state index contributed by atoms with van der Waals surface area (Å²) in [6, 6.07) is 6.98. The van der Waals surface area contributed by atoms with Crippen LogP contribution in [0, 0.1) is 0 Å². The summed E-state index contributed by atoms with van der Waals surface area (Å²) in [6.07, 6.45) is 6.52. The third kappa shape index (κ3) is 3.90. The van der Waals surface area contributed by atoms with E-state index < -0.39 is 0 Å². The molecule has 3 rings (SSSR count). The van der Waals surface area contributed by atoms with E-state index in [4.69, 9.17) is 16.6 Å². The standard InChI is InChI=1S/C16H13N3O3S2/c20-14(18-11-3-1-6-17-10-11)5-7-19-15(21)13(24-16(19)23)9-12-4-2-8-22-12/h1-4,6,8-10H,5,7H2,(H,18,20). The van der Waals surface area contributed by atoms with E-state index in [1.165, 1.54) is 22.9 Å². The molecule has 1 aliphatic heterocycles. The Hall–Kier alpha value is -2.45. The highest BCUT2D eigenvalue weighted by molar-refractivity contribution is 8.26. The van der Waals surface area contributed by atoms with Gasteiger partial charge in [0.25, 0.3) is 5.91 Å². The number of furan rings is 1. The van der Waals surface area contributed by atoms with Gasteiger partial charge in [-0.25, -0.2) is 0 Å². The van der Waals surface area contributed by atoms with Crippen LogP contribution in [-0.2, 0) is 9.59 Å². The summed E-state index contributed by atoms with van der Waals surface area (Å²) in [6.45, 7) is 0.228. The Bertz CT molecular complexity index is 788. The molecular formula is C16H13N3O3S2. The lowest BCUT2D eigenvalue weighted by atomic mass is 10.3. The highest BCUT2D eigenvalue weighted by Crippen LogP contribution is 2.32. The van der Waals surface area contributed by atoms with Crippen molar-refractivity contribution in [2.24, 2.45) is 0 Å². The van der Waals surface area contributed by atoms with Gasteiger partial charge in [-0.1, -0.05) is 24.0 Å². The average Bonchev–Trinajstić information content (AvgIpc) is 3.16. The number of pyridine rings is 1. The third-order valence-corrected chi connectivity index (χ3v) is 4.58. The summed E-state index contributed by atoms with van der Waals surface area (Å²) in [5.41, 5.74) is 0.616. The van der Waals surface area contributed by atoms with Crippen molar-refractivity contribution in [3.63, 3.8) is 0 Å². The number of thiocarbonyl (C=S) groups is 1. The molecule has 0 bridgehead atoms. The normalized spacial score (nSPS) is 16.0. The molecule has 0 radical (unpaired) electrons. The fraction of sp³-hybridized carbons (Fsp3) is 0.125. The van der Waals surface area contributed by atoms with Crippen molar-refractivity contribution < 1.29 is 14.0 Å². The fourth-order valence-electron chi connectivity index (χ4n) is 2.07. The Labute approximate surface area is 147 Å². The number of carbonyl (C=O) groups is 2. The Morgan fingerprint density at radius 3 is 3.00 bits per heavy atom. The molecule has 0 aromatic carbocycles. The molecule has 24 heavy (non-hydrogen) atoms. The number of aromatic nitrogens is 1. The van der Waals surface area contributed by atoms with E-state index in [1.807, 2.05) is 0 Å². The van der Waals surface area contributed by atoms with Crippen molar-refractivity contribution in [3.05, 3.63) is 53.6 Å². The van der Waals surface area contributed by atoms with Gasteiger partial charge in [0.15, 0.2) is 0 Å². The van der Waals surface area contributed by atoms with E-state index in [1.54, 1.807) is 42.7 Å². The molecule has 2 amide bonds. The van der Waals surface area contributed by atoms with Crippen LogP contribution in [0.15, 0.2) is 52.2 Å². The molecule has 2 aromatic rings. The van der Waals surface area contributed by atoms with Gasteiger partial charge in [-0.05, 0) is 24.3 Å². The van der Waals surface area contributed by atoms with Gasteiger partial charge in [-0.3, -0.25) is 19.5 Å². The van der Waals surface area contributed by atoms with Gasteiger partial charge in [-0.15, -0.1) is 0 Å². The van der Waals surface area contributed by atoms with Crippen LogP contribution in [0.4, 0.5) is 5.69 Å². The van der Waals surface area contributed by atoms with Crippen LogP contribution in [0.5, 0.6) is 0 Å². The van der Waals surface area contributed by atoms with Gasteiger partial charge < -0.3 is 9.73 Å². The zero-order valence-corrected chi connectivity index (χ0v) is 14.1. The van der Waals surface area contributed by atoms with Crippen molar-refractivity contribution in [1.82, 2.24) is 9.88 Å². The highest BCUT2D eigenvalue weighted by atomic mass is 32.2. The highest BCUT2D eigenvalue weighted by Gasteiger charge is 2.32. The summed E-state index contributed by atoms with van der Waals surface area (Å²) in [5.74, 6) is 0.174. The summed E-state index contributed by atoms with van der Waals surface area (Å²) >= 11 is 6.43. The van der Waals surface area contributed by atoms with E-state index in [2.05, 4.69) is 10.3 Å². The zero-order chi connectivity index (χ0) is 16.9. The largest absolute Gasteiger partial charge is 0.465 e. The average molecular weight is 359 g/mol. The summed E-state index contributed by atoms with van der Waals surface area (Å²) in [5, 5.41) is 2.72. The minimum Gasteiger partial charge on any atom is -0.465 e. The second-order valence-corrected chi connectivity index (χ2v) is 6.56. The first-order chi connectivity index (χ1) is 11.6. The molecule has 8 heteroatoms. The molecule has 1 fully saturated rings. The molecule has 0 unspecified atom stereocenters. The molecule has 0 saturated carbocycles. The lowest BCUT2D eigenvalue weighted by molar-refractivity contribution is -0.122. The maximum atomic E-state index is 12.4. The maximum Gasteiger partial charge on any atom is 0.266 e. The molecule has 1 N–H and O–H groups in total. The van der Waals surface area contributed by atoms with Gasteiger partial charge in [0.2, 0.25) is 5.91 Å².